The first-order chi connectivity index (χ1) is 12.7. The highest BCUT2D eigenvalue weighted by Gasteiger charge is 2.21. The van der Waals surface area contributed by atoms with Gasteiger partial charge in [0.1, 0.15) is 0 Å². The molecule has 1 heterocycles. The molecule has 3 aromatic rings. The number of nitrogens with one attached hydrogen (secondary N) is 1. The zero-order valence-electron chi connectivity index (χ0n) is 15.4. The lowest BCUT2D eigenvalue weighted by molar-refractivity contribution is 0.458. The van der Waals surface area contributed by atoms with Gasteiger partial charge < -0.3 is 5.32 Å². The molecule has 134 valence electrons. The van der Waals surface area contributed by atoms with Crippen LogP contribution in [0.4, 0.5) is 0 Å². The lowest BCUT2D eigenvalue weighted by Crippen LogP contribution is -2.28. The number of aromatic nitrogens is 2. The van der Waals surface area contributed by atoms with Gasteiger partial charge in [-0.15, -0.1) is 0 Å². The number of fused-ring (bicyclic) bond motifs is 1. The standard InChI is InChI=1S/C22H25N3O/c1-16-20(22(26)25(24(16)2)18-11-4-3-5-12-18)15-23-21-14-8-10-17-9-6-7-13-19(17)21/h3-7,9,11-13,21,23H,8,10,14-15H2,1-2H3/t21-/m1/s1. The van der Waals surface area contributed by atoms with Gasteiger partial charge in [-0.2, -0.15) is 0 Å². The molecule has 1 N–H and O–H groups in total. The second-order valence-electron chi connectivity index (χ2n) is 7.06. The largest absolute Gasteiger partial charge is 0.306 e. The van der Waals surface area contributed by atoms with Crippen LogP contribution in [0, 0.1) is 6.92 Å². The Bertz CT molecular complexity index is 969. The maximum Gasteiger partial charge on any atom is 0.276 e. The summed E-state index contributed by atoms with van der Waals surface area (Å²) in [6.07, 6.45) is 3.46. The van der Waals surface area contributed by atoms with Crippen LogP contribution in [0.3, 0.4) is 0 Å². The molecule has 0 spiro atoms. The van der Waals surface area contributed by atoms with Crippen LogP contribution >= 0.6 is 0 Å². The molecule has 2 aromatic carbocycles. The van der Waals surface area contributed by atoms with Crippen molar-refractivity contribution in [3.63, 3.8) is 0 Å². The van der Waals surface area contributed by atoms with Gasteiger partial charge in [-0.25, -0.2) is 4.68 Å². The van der Waals surface area contributed by atoms with Gasteiger partial charge in [0, 0.05) is 25.3 Å². The van der Waals surface area contributed by atoms with Crippen molar-refractivity contribution in [1.82, 2.24) is 14.7 Å². The highest BCUT2D eigenvalue weighted by atomic mass is 16.1. The molecule has 0 fully saturated rings. The Morgan fingerprint density at radius 3 is 2.62 bits per heavy atom. The van der Waals surface area contributed by atoms with Crippen LogP contribution in [0.25, 0.3) is 5.69 Å². The maximum absolute atomic E-state index is 13.0. The van der Waals surface area contributed by atoms with E-state index in [2.05, 4.69) is 29.6 Å². The van der Waals surface area contributed by atoms with Gasteiger partial charge in [0.2, 0.25) is 0 Å². The van der Waals surface area contributed by atoms with Gasteiger partial charge in [-0.1, -0.05) is 42.5 Å². The minimum atomic E-state index is 0.0628. The molecular formula is C22H25N3O. The zero-order valence-corrected chi connectivity index (χ0v) is 15.4. The van der Waals surface area contributed by atoms with Gasteiger partial charge >= 0.3 is 0 Å². The maximum atomic E-state index is 13.0. The van der Waals surface area contributed by atoms with Gasteiger partial charge in [-0.3, -0.25) is 9.48 Å². The minimum absolute atomic E-state index is 0.0628. The van der Waals surface area contributed by atoms with Crippen molar-refractivity contribution in [3.05, 3.63) is 87.3 Å². The van der Waals surface area contributed by atoms with Crippen LogP contribution in [0.5, 0.6) is 0 Å². The number of rotatable bonds is 4. The summed E-state index contributed by atoms with van der Waals surface area (Å²) in [5.41, 5.74) is 5.64. The molecule has 4 heteroatoms. The highest BCUT2D eigenvalue weighted by Crippen LogP contribution is 2.29. The van der Waals surface area contributed by atoms with Crippen LogP contribution in [0.15, 0.2) is 59.4 Å². The number of nitrogens with zero attached hydrogens (tertiary/aromatic N) is 2. The monoisotopic (exact) mass is 347 g/mol. The molecule has 0 bridgehead atoms. The third kappa shape index (κ3) is 2.90. The molecule has 0 saturated carbocycles. The molecule has 26 heavy (non-hydrogen) atoms. The fourth-order valence-corrected chi connectivity index (χ4v) is 4.02. The average Bonchev–Trinajstić information content (AvgIpc) is 2.89. The zero-order chi connectivity index (χ0) is 18.1. The van der Waals surface area contributed by atoms with E-state index in [4.69, 9.17) is 0 Å². The molecular weight excluding hydrogens is 322 g/mol. The lowest BCUT2D eigenvalue weighted by atomic mass is 9.87. The number of hydrogen-bond donors (Lipinski definition) is 1. The predicted molar refractivity (Wildman–Crippen MR) is 105 cm³/mol. The van der Waals surface area contributed by atoms with Crippen molar-refractivity contribution in [2.24, 2.45) is 7.05 Å². The molecule has 0 amide bonds. The molecule has 0 unspecified atom stereocenters. The van der Waals surface area contributed by atoms with Crippen LogP contribution in [-0.4, -0.2) is 9.36 Å². The Hall–Kier alpha value is -2.59. The van der Waals surface area contributed by atoms with Crippen molar-refractivity contribution < 1.29 is 0 Å². The van der Waals surface area contributed by atoms with E-state index in [0.29, 0.717) is 12.6 Å². The van der Waals surface area contributed by atoms with Crippen LogP contribution in [0.2, 0.25) is 0 Å². The SMILES string of the molecule is Cc1c(CN[C@@H]2CCCc3ccccc32)c(=O)n(-c2ccccc2)n1C. The quantitative estimate of drug-likeness (QED) is 0.782. The number of para-hydroxylation sites is 1. The van der Waals surface area contributed by atoms with Crippen molar-refractivity contribution >= 4 is 0 Å². The Morgan fingerprint density at radius 2 is 1.81 bits per heavy atom. The van der Waals surface area contributed by atoms with E-state index in [1.807, 2.05) is 49.0 Å². The third-order valence-corrected chi connectivity index (χ3v) is 5.57. The summed E-state index contributed by atoms with van der Waals surface area (Å²) in [7, 11) is 1.95. The topological polar surface area (TPSA) is 39.0 Å². The van der Waals surface area contributed by atoms with Gasteiger partial charge in [0.15, 0.2) is 0 Å². The molecule has 0 aliphatic heterocycles. The van der Waals surface area contributed by atoms with Crippen molar-refractivity contribution in [2.75, 3.05) is 0 Å². The minimum Gasteiger partial charge on any atom is -0.306 e. The average molecular weight is 347 g/mol. The normalized spacial score (nSPS) is 16.5. The highest BCUT2D eigenvalue weighted by molar-refractivity contribution is 5.34. The van der Waals surface area contributed by atoms with Crippen molar-refractivity contribution in [1.29, 1.82) is 0 Å². The molecule has 1 aromatic heterocycles. The lowest BCUT2D eigenvalue weighted by Gasteiger charge is -2.26. The van der Waals surface area contributed by atoms with Gasteiger partial charge in [-0.05, 0) is 49.4 Å². The first-order valence-electron chi connectivity index (χ1n) is 9.31. The molecule has 1 aliphatic rings. The Balaban J connectivity index is 1.62. The number of hydrogen-bond acceptors (Lipinski definition) is 2. The van der Waals surface area contributed by atoms with Crippen LogP contribution in [-0.2, 0) is 20.0 Å². The fourth-order valence-electron chi connectivity index (χ4n) is 4.02. The van der Waals surface area contributed by atoms with E-state index in [9.17, 15) is 4.79 Å². The smallest absolute Gasteiger partial charge is 0.276 e. The summed E-state index contributed by atoms with van der Waals surface area (Å²) in [6.45, 7) is 2.62. The third-order valence-electron chi connectivity index (χ3n) is 5.57. The van der Waals surface area contributed by atoms with Gasteiger partial charge in [0.05, 0.1) is 11.3 Å². The summed E-state index contributed by atoms with van der Waals surface area (Å²) in [4.78, 5) is 13.0. The van der Waals surface area contributed by atoms with E-state index in [1.165, 1.54) is 17.5 Å². The second-order valence-corrected chi connectivity index (χ2v) is 7.06. The first kappa shape index (κ1) is 16.9. The predicted octanol–water partition coefficient (Wildman–Crippen LogP) is 3.65. The molecule has 0 radical (unpaired) electrons. The molecule has 1 atom stereocenters. The van der Waals surface area contributed by atoms with Gasteiger partial charge in [0.25, 0.3) is 5.56 Å². The summed E-state index contributed by atoms with van der Waals surface area (Å²) < 4.78 is 3.70. The summed E-state index contributed by atoms with van der Waals surface area (Å²) in [5, 5.41) is 3.64. The second kappa shape index (κ2) is 6.96. The van der Waals surface area contributed by atoms with E-state index in [0.717, 1.165) is 29.8 Å². The first-order valence-corrected chi connectivity index (χ1v) is 9.31. The number of benzene rings is 2. The van der Waals surface area contributed by atoms with E-state index in [1.54, 1.807) is 4.68 Å². The van der Waals surface area contributed by atoms with E-state index >= 15 is 0 Å². The number of aryl methyl sites for hydroxylation is 1. The fraction of sp³-hybridized carbons (Fsp3) is 0.318. The van der Waals surface area contributed by atoms with E-state index < -0.39 is 0 Å². The summed E-state index contributed by atoms with van der Waals surface area (Å²) in [6, 6.07) is 18.8. The Labute approximate surface area is 154 Å². The molecule has 0 saturated heterocycles. The van der Waals surface area contributed by atoms with Crippen LogP contribution in [0.1, 0.15) is 41.3 Å². The molecule has 1 aliphatic carbocycles. The Morgan fingerprint density at radius 1 is 1.08 bits per heavy atom. The van der Waals surface area contributed by atoms with Crippen molar-refractivity contribution in [2.45, 2.75) is 38.8 Å². The van der Waals surface area contributed by atoms with Crippen molar-refractivity contribution in [3.8, 4) is 5.69 Å². The Kier molecular flexibility index (Phi) is 4.51. The summed E-state index contributed by atoms with van der Waals surface area (Å²) >= 11 is 0. The molecule has 4 rings (SSSR count). The van der Waals surface area contributed by atoms with Crippen LogP contribution < -0.4 is 10.9 Å². The van der Waals surface area contributed by atoms with E-state index in [-0.39, 0.29) is 5.56 Å². The summed E-state index contributed by atoms with van der Waals surface area (Å²) in [5.74, 6) is 0. The molecule has 4 nitrogen and oxygen atoms in total.